The summed E-state index contributed by atoms with van der Waals surface area (Å²) in [5.41, 5.74) is 1.59. The maximum atomic E-state index is 12.8. The third-order valence-corrected chi connectivity index (χ3v) is 5.88. The van der Waals surface area contributed by atoms with E-state index in [0.717, 1.165) is 4.88 Å². The normalized spacial score (nSPS) is 14.0. The van der Waals surface area contributed by atoms with Gasteiger partial charge in [0.05, 0.1) is 12.0 Å². The fourth-order valence-electron chi connectivity index (χ4n) is 3.04. The maximum Gasteiger partial charge on any atom is 0.316 e. The lowest BCUT2D eigenvalue weighted by Crippen LogP contribution is -2.10. The van der Waals surface area contributed by atoms with Crippen molar-refractivity contribution in [3.8, 4) is 11.5 Å². The van der Waals surface area contributed by atoms with Gasteiger partial charge in [0.2, 0.25) is 5.78 Å². The first kappa shape index (κ1) is 19.7. The fourth-order valence-corrected chi connectivity index (χ4v) is 4.24. The number of aryl methyl sites for hydroxylation is 1. The van der Waals surface area contributed by atoms with Gasteiger partial charge < -0.3 is 9.47 Å². The van der Waals surface area contributed by atoms with Gasteiger partial charge in [0, 0.05) is 26.6 Å². The van der Waals surface area contributed by atoms with Crippen molar-refractivity contribution in [2.24, 2.45) is 0 Å². The van der Waals surface area contributed by atoms with E-state index in [2.05, 4.69) is 0 Å². The predicted molar refractivity (Wildman–Crippen MR) is 114 cm³/mol. The molecular formula is C22H14Cl2O4S. The van der Waals surface area contributed by atoms with E-state index in [4.69, 9.17) is 32.7 Å². The first-order valence-corrected chi connectivity index (χ1v) is 10.3. The Balaban J connectivity index is 1.60. The summed E-state index contributed by atoms with van der Waals surface area (Å²) in [7, 11) is 0. The number of Topliss-reactive ketones (excluding diaryl/α,β-unsaturated/α-hetero) is 1. The Morgan fingerprint density at radius 1 is 1.17 bits per heavy atom. The highest BCUT2D eigenvalue weighted by atomic mass is 35.5. The zero-order valence-electron chi connectivity index (χ0n) is 15.2. The van der Waals surface area contributed by atoms with E-state index >= 15 is 0 Å². The van der Waals surface area contributed by atoms with Crippen LogP contribution in [0.4, 0.5) is 0 Å². The van der Waals surface area contributed by atoms with Crippen molar-refractivity contribution in [2.75, 3.05) is 0 Å². The van der Waals surface area contributed by atoms with E-state index < -0.39 is 0 Å². The van der Waals surface area contributed by atoms with Crippen molar-refractivity contribution in [1.29, 1.82) is 0 Å². The molecule has 0 spiro atoms. The number of ether oxygens (including phenoxy) is 2. The zero-order chi connectivity index (χ0) is 20.5. The van der Waals surface area contributed by atoms with Crippen LogP contribution in [0.5, 0.6) is 11.5 Å². The molecule has 4 nitrogen and oxygen atoms in total. The molecule has 2 aromatic carbocycles. The summed E-state index contributed by atoms with van der Waals surface area (Å²) in [5.74, 6) is 0.121. The monoisotopic (exact) mass is 444 g/mol. The fraction of sp³-hybridized carbons (Fsp3) is 0.0909. The summed E-state index contributed by atoms with van der Waals surface area (Å²) < 4.78 is 11.2. The molecular weight excluding hydrogens is 431 g/mol. The highest BCUT2D eigenvalue weighted by Gasteiger charge is 2.30. The summed E-state index contributed by atoms with van der Waals surface area (Å²) in [6.45, 7) is 1.77. The van der Waals surface area contributed by atoms with Crippen LogP contribution in [0.3, 0.4) is 0 Å². The number of carbonyl (C=O) groups excluding carboxylic acids is 2. The van der Waals surface area contributed by atoms with E-state index in [-0.39, 0.29) is 23.9 Å². The van der Waals surface area contributed by atoms with Crippen LogP contribution < -0.4 is 9.47 Å². The second-order valence-electron chi connectivity index (χ2n) is 6.42. The quantitative estimate of drug-likeness (QED) is 0.276. The zero-order valence-corrected chi connectivity index (χ0v) is 17.5. The number of carbonyl (C=O) groups is 2. The van der Waals surface area contributed by atoms with Gasteiger partial charge in [-0.15, -0.1) is 11.3 Å². The number of ketones is 1. The Bertz CT molecular complexity index is 1130. The van der Waals surface area contributed by atoms with Gasteiger partial charge >= 0.3 is 5.97 Å². The standard InChI is InChI=1S/C22H14Cl2O4S/c1-12-8-13(27-20(25)10-14-4-3-7-29-14)9-18-21(12)22(26)19(28-18)11-15-16(23)5-2-6-17(15)24/h2-9,11H,10H2,1H3/b19-11-. The molecule has 1 aromatic heterocycles. The average molecular weight is 445 g/mol. The number of fused-ring (bicyclic) bond motifs is 1. The average Bonchev–Trinajstić information content (AvgIpc) is 3.26. The number of benzene rings is 2. The van der Waals surface area contributed by atoms with Crippen LogP contribution in [-0.4, -0.2) is 11.8 Å². The molecule has 0 amide bonds. The molecule has 3 aromatic rings. The van der Waals surface area contributed by atoms with Gasteiger partial charge in [0.15, 0.2) is 5.76 Å². The second kappa shape index (κ2) is 8.03. The highest BCUT2D eigenvalue weighted by molar-refractivity contribution is 7.10. The summed E-state index contributed by atoms with van der Waals surface area (Å²) in [5, 5.41) is 2.73. The van der Waals surface area contributed by atoms with E-state index in [1.165, 1.54) is 17.4 Å². The van der Waals surface area contributed by atoms with Crippen molar-refractivity contribution in [1.82, 2.24) is 0 Å². The first-order chi connectivity index (χ1) is 13.9. The molecule has 2 heterocycles. The third kappa shape index (κ3) is 4.08. The molecule has 7 heteroatoms. The van der Waals surface area contributed by atoms with Crippen LogP contribution in [-0.2, 0) is 11.2 Å². The van der Waals surface area contributed by atoms with E-state index in [9.17, 15) is 9.59 Å². The molecule has 0 fully saturated rings. The van der Waals surface area contributed by atoms with Gasteiger partial charge in [-0.2, -0.15) is 0 Å². The van der Waals surface area contributed by atoms with E-state index in [1.807, 2.05) is 17.5 Å². The van der Waals surface area contributed by atoms with Gasteiger partial charge in [-0.05, 0) is 48.2 Å². The highest BCUT2D eigenvalue weighted by Crippen LogP contribution is 2.38. The SMILES string of the molecule is Cc1cc(OC(=O)Cc2cccs2)cc2c1C(=O)/C(=C/c1c(Cl)cccc1Cl)O2. The number of esters is 1. The van der Waals surface area contributed by atoms with E-state index in [0.29, 0.717) is 38.2 Å². The maximum absolute atomic E-state index is 12.8. The van der Waals surface area contributed by atoms with Crippen LogP contribution in [0, 0.1) is 6.92 Å². The largest absolute Gasteiger partial charge is 0.452 e. The topological polar surface area (TPSA) is 52.6 Å². The molecule has 0 saturated carbocycles. The lowest BCUT2D eigenvalue weighted by Gasteiger charge is -2.07. The van der Waals surface area contributed by atoms with Crippen LogP contribution in [0.15, 0.2) is 53.6 Å². The van der Waals surface area contributed by atoms with Crippen molar-refractivity contribution in [3.05, 3.63) is 85.2 Å². The Morgan fingerprint density at radius 3 is 2.62 bits per heavy atom. The number of hydrogen-bond acceptors (Lipinski definition) is 5. The van der Waals surface area contributed by atoms with Gasteiger partial charge in [-0.3, -0.25) is 9.59 Å². The lowest BCUT2D eigenvalue weighted by molar-refractivity contribution is -0.133. The number of hydrogen-bond donors (Lipinski definition) is 0. The molecule has 0 N–H and O–H groups in total. The predicted octanol–water partition coefficient (Wildman–Crippen LogP) is 6.13. The number of rotatable bonds is 4. The number of halogens is 2. The van der Waals surface area contributed by atoms with Crippen molar-refractivity contribution in [3.63, 3.8) is 0 Å². The molecule has 0 unspecified atom stereocenters. The molecule has 1 aliphatic heterocycles. The number of allylic oxidation sites excluding steroid dienone is 1. The summed E-state index contributed by atoms with van der Waals surface area (Å²) >= 11 is 13.9. The molecule has 0 bridgehead atoms. The van der Waals surface area contributed by atoms with Crippen molar-refractivity contribution >= 4 is 52.4 Å². The summed E-state index contributed by atoms with van der Waals surface area (Å²) in [6, 6.07) is 12.0. The molecule has 0 aliphatic carbocycles. The van der Waals surface area contributed by atoms with Crippen LogP contribution in [0.2, 0.25) is 10.0 Å². The van der Waals surface area contributed by atoms with Gasteiger partial charge in [-0.25, -0.2) is 0 Å². The Morgan fingerprint density at radius 2 is 1.93 bits per heavy atom. The Labute approximate surface area is 181 Å². The third-order valence-electron chi connectivity index (χ3n) is 4.35. The minimum atomic E-state index is -0.380. The second-order valence-corrected chi connectivity index (χ2v) is 8.27. The number of thiophene rings is 1. The summed E-state index contributed by atoms with van der Waals surface area (Å²) in [4.78, 5) is 25.9. The van der Waals surface area contributed by atoms with E-state index in [1.54, 1.807) is 37.3 Å². The van der Waals surface area contributed by atoms with Crippen LogP contribution >= 0.6 is 34.5 Å². The minimum absolute atomic E-state index is 0.111. The molecule has 0 radical (unpaired) electrons. The first-order valence-electron chi connectivity index (χ1n) is 8.68. The molecule has 1 aliphatic rings. The van der Waals surface area contributed by atoms with Crippen LogP contribution in [0.25, 0.3) is 6.08 Å². The molecule has 0 saturated heterocycles. The smallest absolute Gasteiger partial charge is 0.316 e. The molecule has 4 rings (SSSR count). The van der Waals surface area contributed by atoms with Crippen LogP contribution in [0.1, 0.15) is 26.4 Å². The Kier molecular flexibility index (Phi) is 5.46. The summed E-state index contributed by atoms with van der Waals surface area (Å²) in [6.07, 6.45) is 1.71. The Hall–Kier alpha value is -2.60. The van der Waals surface area contributed by atoms with Crippen molar-refractivity contribution in [2.45, 2.75) is 13.3 Å². The van der Waals surface area contributed by atoms with Crippen molar-refractivity contribution < 1.29 is 19.1 Å². The molecule has 0 atom stereocenters. The lowest BCUT2D eigenvalue weighted by atomic mass is 10.0. The molecule has 146 valence electrons. The molecule has 29 heavy (non-hydrogen) atoms. The minimum Gasteiger partial charge on any atom is -0.452 e. The van der Waals surface area contributed by atoms with Gasteiger partial charge in [0.1, 0.15) is 11.5 Å². The van der Waals surface area contributed by atoms with Gasteiger partial charge in [0.25, 0.3) is 0 Å². The van der Waals surface area contributed by atoms with Gasteiger partial charge in [-0.1, -0.05) is 35.3 Å².